The van der Waals surface area contributed by atoms with Crippen LogP contribution in [0.1, 0.15) is 12.8 Å². The van der Waals surface area contributed by atoms with Crippen LogP contribution in [0.3, 0.4) is 0 Å². The predicted octanol–water partition coefficient (Wildman–Crippen LogP) is 0.0325. The van der Waals surface area contributed by atoms with Crippen molar-refractivity contribution in [2.24, 2.45) is 17.6 Å². The second kappa shape index (κ2) is 5.09. The Kier molecular flexibility index (Phi) is 4.34. The van der Waals surface area contributed by atoms with Gasteiger partial charge in [0.1, 0.15) is 9.84 Å². The lowest BCUT2D eigenvalue weighted by Crippen LogP contribution is -2.34. The molecule has 1 fully saturated rings. The minimum atomic E-state index is -2.75. The van der Waals surface area contributed by atoms with Gasteiger partial charge in [-0.05, 0) is 31.2 Å². The predicted molar refractivity (Wildman–Crippen MR) is 55.8 cm³/mol. The van der Waals surface area contributed by atoms with Gasteiger partial charge in [-0.15, -0.1) is 0 Å². The zero-order valence-electron chi connectivity index (χ0n) is 8.61. The number of hydrogen-bond donors (Lipinski definition) is 1. The second-order valence-electron chi connectivity index (χ2n) is 3.94. The average molecular weight is 221 g/mol. The third-order valence-electron chi connectivity index (χ3n) is 2.95. The maximum atomic E-state index is 11.2. The van der Waals surface area contributed by atoms with Crippen LogP contribution in [0.15, 0.2) is 0 Å². The van der Waals surface area contributed by atoms with Gasteiger partial charge >= 0.3 is 0 Å². The van der Waals surface area contributed by atoms with Gasteiger partial charge in [0.2, 0.25) is 0 Å². The molecule has 0 bridgehead atoms. The van der Waals surface area contributed by atoms with Crippen LogP contribution in [-0.4, -0.2) is 40.2 Å². The van der Waals surface area contributed by atoms with Gasteiger partial charge < -0.3 is 10.5 Å². The normalized spacial score (nSPS) is 24.7. The van der Waals surface area contributed by atoms with Crippen molar-refractivity contribution in [2.75, 3.05) is 31.8 Å². The van der Waals surface area contributed by atoms with Crippen LogP contribution in [0.5, 0.6) is 0 Å². The summed E-state index contributed by atoms with van der Waals surface area (Å²) < 4.78 is 27.5. The summed E-state index contributed by atoms with van der Waals surface area (Å²) in [6.45, 7) is 1.22. The van der Waals surface area contributed by atoms with Crippen molar-refractivity contribution >= 4 is 9.84 Å². The molecule has 0 radical (unpaired) electrons. The van der Waals surface area contributed by atoms with Crippen molar-refractivity contribution in [1.82, 2.24) is 0 Å². The molecule has 14 heavy (non-hydrogen) atoms. The van der Waals surface area contributed by atoms with E-state index < -0.39 is 9.84 Å². The number of sulfone groups is 1. The Hall–Kier alpha value is -0.130. The summed E-state index contributed by atoms with van der Waals surface area (Å²) in [4.78, 5) is 0. The molecule has 0 aromatic heterocycles. The molecule has 1 atom stereocenters. The van der Waals surface area contributed by atoms with E-state index in [0.29, 0.717) is 36.5 Å². The van der Waals surface area contributed by atoms with E-state index in [-0.39, 0.29) is 0 Å². The Bertz CT molecular complexity index is 249. The van der Waals surface area contributed by atoms with Gasteiger partial charge in [0, 0.05) is 7.11 Å². The Balaban J connectivity index is 2.47. The standard InChI is InChI=1S/C9H19NO3S/c1-13-7-9(6-10)8-2-4-14(11,12)5-3-8/h8-9H,2-7,10H2,1H3. The van der Waals surface area contributed by atoms with Crippen molar-refractivity contribution in [1.29, 1.82) is 0 Å². The Morgan fingerprint density at radius 3 is 2.43 bits per heavy atom. The van der Waals surface area contributed by atoms with Crippen molar-refractivity contribution in [3.05, 3.63) is 0 Å². The van der Waals surface area contributed by atoms with Gasteiger partial charge in [0.05, 0.1) is 18.1 Å². The van der Waals surface area contributed by atoms with Gasteiger partial charge in [-0.2, -0.15) is 0 Å². The molecule has 4 nitrogen and oxygen atoms in total. The van der Waals surface area contributed by atoms with Crippen molar-refractivity contribution in [3.8, 4) is 0 Å². The van der Waals surface area contributed by atoms with Crippen LogP contribution in [0.2, 0.25) is 0 Å². The molecule has 1 saturated heterocycles. The van der Waals surface area contributed by atoms with Gasteiger partial charge in [0.25, 0.3) is 0 Å². The van der Waals surface area contributed by atoms with Gasteiger partial charge in [-0.25, -0.2) is 8.42 Å². The third-order valence-corrected chi connectivity index (χ3v) is 4.66. The summed E-state index contributed by atoms with van der Waals surface area (Å²) in [5.74, 6) is 1.37. The molecular formula is C9H19NO3S. The topological polar surface area (TPSA) is 69.4 Å². The summed E-state index contributed by atoms with van der Waals surface area (Å²) >= 11 is 0. The summed E-state index contributed by atoms with van der Waals surface area (Å²) in [6.07, 6.45) is 1.49. The summed E-state index contributed by atoms with van der Waals surface area (Å²) in [5, 5.41) is 0. The lowest BCUT2D eigenvalue weighted by atomic mass is 9.88. The molecule has 84 valence electrons. The fourth-order valence-corrected chi connectivity index (χ4v) is 3.52. The van der Waals surface area contributed by atoms with Crippen molar-refractivity contribution in [3.63, 3.8) is 0 Å². The molecule has 0 aromatic rings. The van der Waals surface area contributed by atoms with E-state index >= 15 is 0 Å². The zero-order chi connectivity index (χ0) is 10.6. The Labute approximate surface area is 85.7 Å². The monoisotopic (exact) mass is 221 g/mol. The van der Waals surface area contributed by atoms with Crippen LogP contribution in [0, 0.1) is 11.8 Å². The molecule has 0 saturated carbocycles. The maximum absolute atomic E-state index is 11.2. The minimum Gasteiger partial charge on any atom is -0.384 e. The van der Waals surface area contributed by atoms with E-state index in [0.717, 1.165) is 12.8 Å². The third kappa shape index (κ3) is 3.22. The summed E-state index contributed by atoms with van der Waals surface area (Å²) in [5.41, 5.74) is 5.63. The van der Waals surface area contributed by atoms with Crippen LogP contribution in [0.4, 0.5) is 0 Å². The first kappa shape index (κ1) is 11.9. The first-order valence-corrected chi connectivity index (χ1v) is 6.80. The SMILES string of the molecule is COCC(CN)C1CCS(=O)(=O)CC1. The molecule has 5 heteroatoms. The van der Waals surface area contributed by atoms with Crippen LogP contribution in [0.25, 0.3) is 0 Å². The highest BCUT2D eigenvalue weighted by Crippen LogP contribution is 2.25. The zero-order valence-corrected chi connectivity index (χ0v) is 9.42. The number of nitrogens with two attached hydrogens (primary N) is 1. The van der Waals surface area contributed by atoms with Crippen molar-refractivity contribution < 1.29 is 13.2 Å². The first-order chi connectivity index (χ1) is 6.59. The molecule has 1 aliphatic rings. The molecule has 2 N–H and O–H groups in total. The fourth-order valence-electron chi connectivity index (χ4n) is 1.99. The lowest BCUT2D eigenvalue weighted by molar-refractivity contribution is 0.120. The van der Waals surface area contributed by atoms with Crippen LogP contribution >= 0.6 is 0 Å². The van der Waals surface area contributed by atoms with Crippen LogP contribution in [-0.2, 0) is 14.6 Å². The number of rotatable bonds is 4. The molecule has 0 spiro atoms. The van der Waals surface area contributed by atoms with Crippen molar-refractivity contribution in [2.45, 2.75) is 12.8 Å². The molecule has 0 aromatic carbocycles. The van der Waals surface area contributed by atoms with Crippen LogP contribution < -0.4 is 5.73 Å². The maximum Gasteiger partial charge on any atom is 0.150 e. The number of hydrogen-bond acceptors (Lipinski definition) is 4. The van der Waals surface area contributed by atoms with Gasteiger partial charge in [-0.3, -0.25) is 0 Å². The van der Waals surface area contributed by atoms with E-state index in [9.17, 15) is 8.42 Å². The summed E-state index contributed by atoms with van der Waals surface area (Å²) in [7, 11) is -1.10. The van der Waals surface area contributed by atoms with E-state index in [2.05, 4.69) is 0 Å². The van der Waals surface area contributed by atoms with E-state index in [1.54, 1.807) is 7.11 Å². The smallest absolute Gasteiger partial charge is 0.150 e. The molecule has 1 heterocycles. The lowest BCUT2D eigenvalue weighted by Gasteiger charge is -2.28. The van der Waals surface area contributed by atoms with E-state index in [1.165, 1.54) is 0 Å². The Morgan fingerprint density at radius 2 is 2.00 bits per heavy atom. The first-order valence-electron chi connectivity index (χ1n) is 4.98. The molecule has 1 rings (SSSR count). The molecule has 0 aliphatic carbocycles. The van der Waals surface area contributed by atoms with Gasteiger partial charge in [-0.1, -0.05) is 0 Å². The highest BCUT2D eigenvalue weighted by Gasteiger charge is 2.28. The summed E-state index contributed by atoms with van der Waals surface area (Å²) in [6, 6.07) is 0. The average Bonchev–Trinajstić information content (AvgIpc) is 2.15. The highest BCUT2D eigenvalue weighted by molar-refractivity contribution is 7.91. The minimum absolute atomic E-state index is 0.315. The Morgan fingerprint density at radius 1 is 1.43 bits per heavy atom. The second-order valence-corrected chi connectivity index (χ2v) is 6.24. The largest absolute Gasteiger partial charge is 0.384 e. The van der Waals surface area contributed by atoms with E-state index in [4.69, 9.17) is 10.5 Å². The molecule has 1 unspecified atom stereocenters. The van der Waals surface area contributed by atoms with Gasteiger partial charge in [0.15, 0.2) is 0 Å². The molecule has 0 amide bonds. The number of ether oxygens (including phenoxy) is 1. The molecular weight excluding hydrogens is 202 g/mol. The molecule has 1 aliphatic heterocycles. The quantitative estimate of drug-likeness (QED) is 0.727. The fraction of sp³-hybridized carbons (Fsp3) is 1.00. The van der Waals surface area contributed by atoms with E-state index in [1.807, 2.05) is 0 Å². The number of methoxy groups -OCH3 is 1. The highest BCUT2D eigenvalue weighted by atomic mass is 32.2.